The normalized spacial score (nSPS) is 20.7. The molecule has 0 bridgehead atoms. The van der Waals surface area contributed by atoms with Gasteiger partial charge in [-0.3, -0.25) is 9.69 Å². The summed E-state index contributed by atoms with van der Waals surface area (Å²) in [4.78, 5) is 13.8. The van der Waals surface area contributed by atoms with Crippen molar-refractivity contribution in [3.8, 4) is 0 Å². The molecule has 33 heavy (non-hydrogen) atoms. The first-order valence-electron chi connectivity index (χ1n) is 11.4. The second kappa shape index (κ2) is 11.2. The molecule has 3 atom stereocenters. The van der Waals surface area contributed by atoms with E-state index in [9.17, 15) is 23.1 Å². The summed E-state index contributed by atoms with van der Waals surface area (Å²) in [5.41, 5.74) is 1.38. The molecular formula is C26H31F3INO2. The largest absolute Gasteiger partial charge is 0.481 e. The monoisotopic (exact) mass is 573 g/mol. The summed E-state index contributed by atoms with van der Waals surface area (Å²) >= 11 is 2.26. The first-order valence-corrected chi connectivity index (χ1v) is 12.5. The second-order valence-corrected chi connectivity index (χ2v) is 10.6. The Bertz CT molecular complexity index is 913. The first kappa shape index (κ1) is 26.0. The third-order valence-corrected chi connectivity index (χ3v) is 7.23. The summed E-state index contributed by atoms with van der Waals surface area (Å²) < 4.78 is 40.5. The second-order valence-electron chi connectivity index (χ2n) is 9.40. The summed E-state index contributed by atoms with van der Waals surface area (Å²) in [6, 6.07) is 13.9. The van der Waals surface area contributed by atoms with Crippen LogP contribution in [0.3, 0.4) is 0 Å². The van der Waals surface area contributed by atoms with Gasteiger partial charge < -0.3 is 5.11 Å². The molecule has 1 fully saturated rings. The zero-order valence-corrected chi connectivity index (χ0v) is 21.1. The van der Waals surface area contributed by atoms with E-state index >= 15 is 0 Å². The quantitative estimate of drug-likeness (QED) is 0.329. The van der Waals surface area contributed by atoms with E-state index in [0.717, 1.165) is 46.9 Å². The lowest BCUT2D eigenvalue weighted by Gasteiger charge is -2.44. The van der Waals surface area contributed by atoms with Gasteiger partial charge in [0.05, 0.1) is 5.56 Å². The Morgan fingerprint density at radius 3 is 2.27 bits per heavy atom. The van der Waals surface area contributed by atoms with E-state index in [2.05, 4.69) is 65.6 Å². The molecule has 180 valence electrons. The van der Waals surface area contributed by atoms with Gasteiger partial charge in [-0.05, 0) is 102 Å². The van der Waals surface area contributed by atoms with Crippen molar-refractivity contribution < 1.29 is 23.1 Å². The van der Waals surface area contributed by atoms with Crippen molar-refractivity contribution in [2.24, 2.45) is 11.8 Å². The van der Waals surface area contributed by atoms with Crippen molar-refractivity contribution in [2.45, 2.75) is 64.2 Å². The number of carboxylic acids is 1. The Morgan fingerprint density at radius 1 is 1.09 bits per heavy atom. The number of rotatable bonds is 8. The van der Waals surface area contributed by atoms with E-state index in [1.807, 2.05) is 0 Å². The fourth-order valence-electron chi connectivity index (χ4n) is 4.78. The minimum absolute atomic E-state index is 0.0234. The van der Waals surface area contributed by atoms with Gasteiger partial charge in [-0.25, -0.2) is 0 Å². The number of nitrogens with zero attached hydrogens (tertiary/aromatic N) is 1. The summed E-state index contributed by atoms with van der Waals surface area (Å²) in [7, 11) is 0. The molecule has 0 unspecified atom stereocenters. The third kappa shape index (κ3) is 7.18. The molecule has 1 saturated heterocycles. The highest BCUT2D eigenvalue weighted by molar-refractivity contribution is 14.1. The highest BCUT2D eigenvalue weighted by atomic mass is 127. The van der Waals surface area contributed by atoms with Crippen LogP contribution in [0.5, 0.6) is 0 Å². The van der Waals surface area contributed by atoms with E-state index in [0.29, 0.717) is 5.92 Å². The van der Waals surface area contributed by atoms with Crippen LogP contribution in [0.25, 0.3) is 0 Å². The van der Waals surface area contributed by atoms with Crippen molar-refractivity contribution in [1.82, 2.24) is 4.90 Å². The fraction of sp³-hybridized carbons (Fsp3) is 0.500. The molecule has 0 radical (unpaired) electrons. The van der Waals surface area contributed by atoms with E-state index in [-0.39, 0.29) is 24.4 Å². The summed E-state index contributed by atoms with van der Waals surface area (Å²) in [5.74, 6) is -0.224. The number of alkyl halides is 3. The van der Waals surface area contributed by atoms with Crippen LogP contribution in [0, 0.1) is 15.4 Å². The number of benzene rings is 2. The molecule has 0 spiro atoms. The Labute approximate surface area is 207 Å². The highest BCUT2D eigenvalue weighted by Crippen LogP contribution is 2.43. The third-order valence-electron chi connectivity index (χ3n) is 6.51. The smallest absolute Gasteiger partial charge is 0.416 e. The standard InChI is InChI=1S/C26H31F3INO2/c1-17(2)3-12-23(19-4-8-21(9-5-19)26(27,28)29)31-14-13-18(16-25(32)33)15-24(31)20-6-10-22(30)11-7-20/h4-11,17-18,23-24H,3,12-16H2,1-2H3,(H,32,33)/t18-,23-,24+/m1/s1. The van der Waals surface area contributed by atoms with Crippen LogP contribution >= 0.6 is 22.6 Å². The zero-order valence-electron chi connectivity index (χ0n) is 19.0. The molecule has 1 heterocycles. The molecule has 0 aliphatic carbocycles. The van der Waals surface area contributed by atoms with Crippen molar-refractivity contribution in [3.63, 3.8) is 0 Å². The van der Waals surface area contributed by atoms with Gasteiger partial charge in [0.1, 0.15) is 0 Å². The van der Waals surface area contributed by atoms with Gasteiger partial charge in [-0.1, -0.05) is 38.1 Å². The van der Waals surface area contributed by atoms with E-state index < -0.39 is 17.7 Å². The predicted molar refractivity (Wildman–Crippen MR) is 132 cm³/mol. The number of carbonyl (C=O) groups is 1. The van der Waals surface area contributed by atoms with Crippen LogP contribution in [0.4, 0.5) is 13.2 Å². The summed E-state index contributed by atoms with van der Waals surface area (Å²) in [5, 5.41) is 9.34. The van der Waals surface area contributed by atoms with Crippen LogP contribution in [-0.4, -0.2) is 22.5 Å². The van der Waals surface area contributed by atoms with Crippen LogP contribution < -0.4 is 0 Å². The first-order chi connectivity index (χ1) is 15.5. The number of likely N-dealkylation sites (tertiary alicyclic amines) is 1. The topological polar surface area (TPSA) is 40.5 Å². The van der Waals surface area contributed by atoms with Gasteiger partial charge in [0, 0.05) is 22.1 Å². The number of carboxylic acid groups (broad SMARTS) is 1. The molecule has 2 aromatic rings. The van der Waals surface area contributed by atoms with Crippen LogP contribution in [0.2, 0.25) is 0 Å². The van der Waals surface area contributed by atoms with E-state index in [1.165, 1.54) is 12.1 Å². The van der Waals surface area contributed by atoms with Crippen molar-refractivity contribution in [2.75, 3.05) is 6.54 Å². The maximum Gasteiger partial charge on any atom is 0.416 e. The number of hydrogen-bond donors (Lipinski definition) is 1. The Hall–Kier alpha value is -1.61. The van der Waals surface area contributed by atoms with Gasteiger partial charge in [-0.2, -0.15) is 13.2 Å². The minimum Gasteiger partial charge on any atom is -0.481 e. The molecule has 7 heteroatoms. The zero-order chi connectivity index (χ0) is 24.2. The minimum atomic E-state index is -4.36. The highest BCUT2D eigenvalue weighted by Gasteiger charge is 2.36. The molecule has 1 aliphatic rings. The average molecular weight is 573 g/mol. The molecule has 0 amide bonds. The van der Waals surface area contributed by atoms with Gasteiger partial charge in [0.25, 0.3) is 0 Å². The average Bonchev–Trinajstić information content (AvgIpc) is 2.74. The van der Waals surface area contributed by atoms with Gasteiger partial charge in [0.2, 0.25) is 0 Å². The summed E-state index contributed by atoms with van der Waals surface area (Å²) in [6.45, 7) is 5.03. The molecule has 2 aromatic carbocycles. The number of hydrogen-bond acceptors (Lipinski definition) is 2. The van der Waals surface area contributed by atoms with Gasteiger partial charge in [-0.15, -0.1) is 0 Å². The Balaban J connectivity index is 1.96. The van der Waals surface area contributed by atoms with Crippen molar-refractivity contribution in [1.29, 1.82) is 0 Å². The van der Waals surface area contributed by atoms with Crippen LogP contribution in [0.1, 0.15) is 74.7 Å². The molecule has 1 aliphatic heterocycles. The van der Waals surface area contributed by atoms with Gasteiger partial charge in [0.15, 0.2) is 0 Å². The molecule has 0 aromatic heterocycles. The number of halogens is 4. The number of aliphatic carboxylic acids is 1. The van der Waals surface area contributed by atoms with Crippen molar-refractivity contribution >= 4 is 28.6 Å². The lowest BCUT2D eigenvalue weighted by atomic mass is 9.82. The molecule has 3 nitrogen and oxygen atoms in total. The van der Waals surface area contributed by atoms with Gasteiger partial charge >= 0.3 is 12.1 Å². The molecule has 1 N–H and O–H groups in total. The summed E-state index contributed by atoms with van der Waals surface area (Å²) in [6.07, 6.45) is -0.915. The van der Waals surface area contributed by atoms with Crippen molar-refractivity contribution in [3.05, 3.63) is 68.8 Å². The molecular weight excluding hydrogens is 542 g/mol. The fourth-order valence-corrected chi connectivity index (χ4v) is 5.14. The predicted octanol–water partition coefficient (Wildman–Crippen LogP) is 7.72. The number of piperidine rings is 1. The lowest BCUT2D eigenvalue weighted by Crippen LogP contribution is -2.40. The van der Waals surface area contributed by atoms with E-state index in [4.69, 9.17) is 0 Å². The van der Waals surface area contributed by atoms with Crippen LogP contribution in [0.15, 0.2) is 48.5 Å². The SMILES string of the molecule is CC(C)CC[C@H](c1ccc(C(F)(F)F)cc1)N1CC[C@@H](CC(=O)O)C[C@H]1c1ccc(I)cc1. The maximum atomic E-state index is 13.1. The Morgan fingerprint density at radius 2 is 1.73 bits per heavy atom. The molecule has 3 rings (SSSR count). The maximum absolute atomic E-state index is 13.1. The Kier molecular flexibility index (Phi) is 8.83. The lowest BCUT2D eigenvalue weighted by molar-refractivity contribution is -0.139. The van der Waals surface area contributed by atoms with Crippen LogP contribution in [-0.2, 0) is 11.0 Å². The molecule has 0 saturated carbocycles. The van der Waals surface area contributed by atoms with E-state index in [1.54, 1.807) is 12.1 Å².